The normalized spacial score (nSPS) is 10.4. The van der Waals surface area contributed by atoms with Crippen LogP contribution in [0.4, 0.5) is 4.39 Å². The number of halogens is 1. The Labute approximate surface area is 117 Å². The zero-order chi connectivity index (χ0) is 14.7. The van der Waals surface area contributed by atoms with Crippen LogP contribution in [0.25, 0.3) is 21.7 Å². The Kier molecular flexibility index (Phi) is 4.18. The summed E-state index contributed by atoms with van der Waals surface area (Å²) in [5, 5.41) is 2.13. The van der Waals surface area contributed by atoms with E-state index in [1.807, 2.05) is 32.0 Å². The summed E-state index contributed by atoms with van der Waals surface area (Å²) in [4.78, 5) is 14.7. The molecule has 0 amide bonds. The van der Waals surface area contributed by atoms with Gasteiger partial charge in [-0.1, -0.05) is 39.0 Å². The second-order valence-corrected chi connectivity index (χ2v) is 4.38. The fourth-order valence-corrected chi connectivity index (χ4v) is 2.28. The highest BCUT2D eigenvalue weighted by Crippen LogP contribution is 2.22. The van der Waals surface area contributed by atoms with Crippen molar-refractivity contribution in [1.82, 2.24) is 4.98 Å². The van der Waals surface area contributed by atoms with E-state index in [9.17, 15) is 9.18 Å². The number of aryl methyl sites for hydroxylation is 1. The Bertz CT molecular complexity index is 805. The summed E-state index contributed by atoms with van der Waals surface area (Å²) < 4.78 is 13.2. The molecule has 2 nitrogen and oxygen atoms in total. The quantitative estimate of drug-likeness (QED) is 0.653. The molecule has 3 aromatic rings. The average Bonchev–Trinajstić information content (AvgIpc) is 2.49. The second kappa shape index (κ2) is 5.87. The first-order chi connectivity index (χ1) is 9.69. The van der Waals surface area contributed by atoms with Crippen LogP contribution >= 0.6 is 0 Å². The minimum Gasteiger partial charge on any atom is -0.321 e. The molecule has 0 atom stereocenters. The lowest BCUT2D eigenvalue weighted by Gasteiger charge is -2.05. The highest BCUT2D eigenvalue weighted by molar-refractivity contribution is 6.05. The number of hydrogen-bond acceptors (Lipinski definition) is 1. The molecule has 104 valence electrons. The molecule has 20 heavy (non-hydrogen) atoms. The van der Waals surface area contributed by atoms with Gasteiger partial charge in [0.2, 0.25) is 0 Å². The van der Waals surface area contributed by atoms with E-state index in [1.54, 1.807) is 6.07 Å². The van der Waals surface area contributed by atoms with E-state index < -0.39 is 5.82 Å². The number of fused-ring (bicyclic) bond motifs is 3. The molecular weight excluding hydrogens is 253 g/mol. The van der Waals surface area contributed by atoms with E-state index in [1.165, 1.54) is 17.7 Å². The largest absolute Gasteiger partial charge is 0.321 e. The first-order valence-corrected chi connectivity index (χ1v) is 6.93. The third-order valence-electron chi connectivity index (χ3n) is 3.26. The van der Waals surface area contributed by atoms with Gasteiger partial charge in [-0.05, 0) is 35.6 Å². The van der Waals surface area contributed by atoms with Gasteiger partial charge in [-0.3, -0.25) is 4.79 Å². The van der Waals surface area contributed by atoms with Crippen molar-refractivity contribution in [2.45, 2.75) is 27.2 Å². The molecule has 1 heterocycles. The predicted molar refractivity (Wildman–Crippen MR) is 82.8 cm³/mol. The lowest BCUT2D eigenvalue weighted by molar-refractivity contribution is 0.629. The van der Waals surface area contributed by atoms with E-state index in [0.717, 1.165) is 22.7 Å². The molecule has 1 N–H and O–H groups in total. The van der Waals surface area contributed by atoms with Gasteiger partial charge in [0.25, 0.3) is 5.56 Å². The van der Waals surface area contributed by atoms with Crippen molar-refractivity contribution in [3.05, 3.63) is 58.1 Å². The lowest BCUT2D eigenvalue weighted by Crippen LogP contribution is -2.06. The fourth-order valence-electron chi connectivity index (χ4n) is 2.28. The van der Waals surface area contributed by atoms with Crippen LogP contribution in [0.5, 0.6) is 0 Å². The summed E-state index contributed by atoms with van der Waals surface area (Å²) in [6.07, 6.45) is 0.916. The van der Waals surface area contributed by atoms with E-state index >= 15 is 0 Å². The molecule has 0 unspecified atom stereocenters. The van der Waals surface area contributed by atoms with Crippen molar-refractivity contribution in [1.29, 1.82) is 0 Å². The van der Waals surface area contributed by atoms with Gasteiger partial charge in [-0.15, -0.1) is 0 Å². The van der Waals surface area contributed by atoms with E-state index in [-0.39, 0.29) is 5.56 Å². The van der Waals surface area contributed by atoms with Crippen LogP contribution < -0.4 is 5.56 Å². The van der Waals surface area contributed by atoms with Gasteiger partial charge in [0, 0.05) is 10.9 Å². The minimum absolute atomic E-state index is 0.245. The smallest absolute Gasteiger partial charge is 0.256 e. The Balaban J connectivity index is 0.000000704. The van der Waals surface area contributed by atoms with E-state index in [2.05, 4.69) is 11.9 Å². The topological polar surface area (TPSA) is 32.9 Å². The van der Waals surface area contributed by atoms with Crippen molar-refractivity contribution in [3.63, 3.8) is 0 Å². The summed E-state index contributed by atoms with van der Waals surface area (Å²) in [6, 6.07) is 10.3. The van der Waals surface area contributed by atoms with Crippen molar-refractivity contribution in [3.8, 4) is 0 Å². The standard InChI is InChI=1S/C15H12FNO.C2H6/c1-2-9-3-5-12-11-6-4-10(16)8-13(11)15(18)17-14(12)7-9;1-2/h3-8H,2H2,1H3,(H,17,18);1-2H3. The van der Waals surface area contributed by atoms with Gasteiger partial charge >= 0.3 is 0 Å². The SMILES string of the molecule is CC.CCc1ccc2c(c1)[nH]c(=O)c1cc(F)ccc12. The van der Waals surface area contributed by atoms with Crippen LogP contribution in [0.1, 0.15) is 26.3 Å². The highest BCUT2D eigenvalue weighted by Gasteiger charge is 2.06. The van der Waals surface area contributed by atoms with Crippen LogP contribution in [-0.2, 0) is 6.42 Å². The fraction of sp³-hybridized carbons (Fsp3) is 0.235. The predicted octanol–water partition coefficient (Wildman–Crippen LogP) is 4.41. The summed E-state index contributed by atoms with van der Waals surface area (Å²) in [6.45, 7) is 6.07. The van der Waals surface area contributed by atoms with Gasteiger partial charge in [-0.2, -0.15) is 0 Å². The molecule has 0 spiro atoms. The molecule has 0 bridgehead atoms. The number of hydrogen-bond donors (Lipinski definition) is 1. The molecule has 0 fully saturated rings. The van der Waals surface area contributed by atoms with Gasteiger partial charge in [0.15, 0.2) is 0 Å². The van der Waals surface area contributed by atoms with Gasteiger partial charge in [0.05, 0.1) is 5.39 Å². The molecule has 0 aliphatic heterocycles. The third kappa shape index (κ3) is 2.44. The van der Waals surface area contributed by atoms with Gasteiger partial charge in [-0.25, -0.2) is 4.39 Å². The third-order valence-corrected chi connectivity index (χ3v) is 3.26. The van der Waals surface area contributed by atoms with Crippen molar-refractivity contribution < 1.29 is 4.39 Å². The molecule has 3 rings (SSSR count). The number of rotatable bonds is 1. The summed E-state index contributed by atoms with van der Waals surface area (Å²) in [5.74, 6) is -0.391. The van der Waals surface area contributed by atoms with Crippen molar-refractivity contribution in [2.24, 2.45) is 0 Å². The van der Waals surface area contributed by atoms with Crippen LogP contribution in [0, 0.1) is 5.82 Å². The Morgan fingerprint density at radius 3 is 2.40 bits per heavy atom. The van der Waals surface area contributed by atoms with Gasteiger partial charge < -0.3 is 4.98 Å². The molecule has 0 radical (unpaired) electrons. The zero-order valence-electron chi connectivity index (χ0n) is 12.0. The highest BCUT2D eigenvalue weighted by atomic mass is 19.1. The maximum absolute atomic E-state index is 13.2. The Morgan fingerprint density at radius 2 is 1.70 bits per heavy atom. The number of aromatic nitrogens is 1. The van der Waals surface area contributed by atoms with Crippen LogP contribution in [0.2, 0.25) is 0 Å². The maximum atomic E-state index is 13.2. The summed E-state index contributed by atoms with van der Waals surface area (Å²) >= 11 is 0. The van der Waals surface area contributed by atoms with E-state index in [0.29, 0.717) is 5.39 Å². The van der Waals surface area contributed by atoms with Crippen LogP contribution in [0.15, 0.2) is 41.2 Å². The summed E-state index contributed by atoms with van der Waals surface area (Å²) in [7, 11) is 0. The second-order valence-electron chi connectivity index (χ2n) is 4.38. The monoisotopic (exact) mass is 271 g/mol. The number of pyridine rings is 1. The molecular formula is C17H18FNO. The summed E-state index contributed by atoms with van der Waals surface area (Å²) in [5.41, 5.74) is 1.73. The van der Waals surface area contributed by atoms with Crippen LogP contribution in [-0.4, -0.2) is 4.98 Å². The molecule has 0 saturated heterocycles. The maximum Gasteiger partial charge on any atom is 0.256 e. The first-order valence-electron chi connectivity index (χ1n) is 6.93. The van der Waals surface area contributed by atoms with E-state index in [4.69, 9.17) is 0 Å². The van der Waals surface area contributed by atoms with Crippen molar-refractivity contribution >= 4 is 21.7 Å². The average molecular weight is 271 g/mol. The number of aromatic amines is 1. The van der Waals surface area contributed by atoms with Crippen LogP contribution in [0.3, 0.4) is 0 Å². The minimum atomic E-state index is -0.391. The Hall–Kier alpha value is -2.16. The first kappa shape index (κ1) is 14.3. The number of benzene rings is 2. The zero-order valence-corrected chi connectivity index (χ0v) is 12.0. The molecule has 0 aliphatic rings. The van der Waals surface area contributed by atoms with Crippen molar-refractivity contribution in [2.75, 3.05) is 0 Å². The molecule has 2 aromatic carbocycles. The molecule has 1 aromatic heterocycles. The lowest BCUT2D eigenvalue weighted by atomic mass is 10.0. The molecule has 3 heteroatoms. The van der Waals surface area contributed by atoms with Gasteiger partial charge in [0.1, 0.15) is 5.82 Å². The number of H-pyrrole nitrogens is 1. The molecule has 0 aliphatic carbocycles. The molecule has 0 saturated carbocycles. The Morgan fingerprint density at radius 1 is 1.00 bits per heavy atom. The number of nitrogens with one attached hydrogen (secondary N) is 1.